The molecule has 0 radical (unpaired) electrons. The van der Waals surface area contributed by atoms with E-state index in [1.165, 1.54) is 30.0 Å². The minimum absolute atomic E-state index is 0.0814. The number of anilines is 2. The molecule has 0 atom stereocenters. The van der Waals surface area contributed by atoms with Gasteiger partial charge in [0.15, 0.2) is 0 Å². The van der Waals surface area contributed by atoms with Crippen molar-refractivity contribution >= 4 is 34.6 Å². The molecule has 0 heterocycles. The van der Waals surface area contributed by atoms with Crippen molar-refractivity contribution < 1.29 is 9.72 Å². The van der Waals surface area contributed by atoms with Gasteiger partial charge in [-0.05, 0) is 18.2 Å². The molecule has 0 saturated heterocycles. The molecule has 0 aliphatic heterocycles. The summed E-state index contributed by atoms with van der Waals surface area (Å²) >= 11 is 6.06. The van der Waals surface area contributed by atoms with Crippen molar-refractivity contribution in [2.24, 2.45) is 0 Å². The molecule has 0 bridgehead atoms. The van der Waals surface area contributed by atoms with Crippen LogP contribution in [0.2, 0.25) is 5.02 Å². The van der Waals surface area contributed by atoms with Crippen LogP contribution >= 0.6 is 11.6 Å². The number of benzene rings is 2. The van der Waals surface area contributed by atoms with Crippen molar-refractivity contribution in [3.8, 4) is 0 Å². The van der Waals surface area contributed by atoms with Crippen LogP contribution < -0.4 is 4.90 Å². The van der Waals surface area contributed by atoms with Gasteiger partial charge >= 0.3 is 0 Å². The first-order valence-electron chi connectivity index (χ1n) is 5.81. The highest BCUT2D eigenvalue weighted by Gasteiger charge is 2.26. The minimum atomic E-state index is -0.555. The van der Waals surface area contributed by atoms with Gasteiger partial charge in [0.1, 0.15) is 5.69 Å². The zero-order valence-electron chi connectivity index (χ0n) is 10.6. The van der Waals surface area contributed by atoms with E-state index in [1.807, 2.05) is 0 Å². The third kappa shape index (κ3) is 2.62. The van der Waals surface area contributed by atoms with Gasteiger partial charge in [-0.25, -0.2) is 0 Å². The summed E-state index contributed by atoms with van der Waals surface area (Å²) in [7, 11) is 0. The molecule has 20 heavy (non-hydrogen) atoms. The van der Waals surface area contributed by atoms with E-state index < -0.39 is 4.92 Å². The second-order valence-corrected chi connectivity index (χ2v) is 4.46. The van der Waals surface area contributed by atoms with Crippen molar-refractivity contribution in [1.29, 1.82) is 0 Å². The van der Waals surface area contributed by atoms with Crippen LogP contribution in [-0.4, -0.2) is 10.8 Å². The van der Waals surface area contributed by atoms with Crippen LogP contribution in [-0.2, 0) is 4.79 Å². The number of carbonyl (C=O) groups is 1. The molecule has 2 aromatic rings. The number of hydrogen-bond donors (Lipinski definition) is 0. The van der Waals surface area contributed by atoms with Crippen molar-refractivity contribution in [2.75, 3.05) is 4.90 Å². The third-order valence-corrected chi connectivity index (χ3v) is 3.02. The molecular formula is C14H11ClN2O3. The lowest BCUT2D eigenvalue weighted by Gasteiger charge is -2.22. The Labute approximate surface area is 120 Å². The topological polar surface area (TPSA) is 63.5 Å². The summed E-state index contributed by atoms with van der Waals surface area (Å²) in [4.78, 5) is 23.7. The van der Waals surface area contributed by atoms with Crippen molar-refractivity contribution in [3.05, 3.63) is 63.7 Å². The molecule has 0 fully saturated rings. The van der Waals surface area contributed by atoms with Gasteiger partial charge in [-0.3, -0.25) is 19.8 Å². The van der Waals surface area contributed by atoms with Gasteiger partial charge in [0.2, 0.25) is 5.91 Å². The Bertz CT molecular complexity index is 659. The lowest BCUT2D eigenvalue weighted by molar-refractivity contribution is -0.384. The first kappa shape index (κ1) is 14.0. The van der Waals surface area contributed by atoms with Gasteiger partial charge in [-0.15, -0.1) is 0 Å². The lowest BCUT2D eigenvalue weighted by atomic mass is 10.2. The van der Waals surface area contributed by atoms with Crippen LogP contribution in [0.5, 0.6) is 0 Å². The maximum atomic E-state index is 11.9. The SMILES string of the molecule is CC(=O)N(c1ccccc1)c1c(Cl)cccc1[N+](=O)[O-]. The fourth-order valence-electron chi connectivity index (χ4n) is 1.92. The van der Waals surface area contributed by atoms with Crippen LogP contribution in [0.3, 0.4) is 0 Å². The maximum absolute atomic E-state index is 11.9. The van der Waals surface area contributed by atoms with Crippen LogP contribution in [0.25, 0.3) is 0 Å². The smallest absolute Gasteiger partial charge is 0.274 e. The zero-order valence-corrected chi connectivity index (χ0v) is 11.4. The molecule has 0 N–H and O–H groups in total. The van der Waals surface area contributed by atoms with Gasteiger partial charge in [0, 0.05) is 18.7 Å². The molecule has 0 unspecified atom stereocenters. The largest absolute Gasteiger partial charge is 0.294 e. The quantitative estimate of drug-likeness (QED) is 0.635. The van der Waals surface area contributed by atoms with E-state index in [4.69, 9.17) is 11.6 Å². The van der Waals surface area contributed by atoms with Crippen molar-refractivity contribution in [1.82, 2.24) is 0 Å². The molecule has 0 aromatic heterocycles. The Morgan fingerprint density at radius 3 is 2.35 bits per heavy atom. The van der Waals surface area contributed by atoms with Gasteiger partial charge < -0.3 is 0 Å². The first-order valence-corrected chi connectivity index (χ1v) is 6.19. The fourth-order valence-corrected chi connectivity index (χ4v) is 2.17. The monoisotopic (exact) mass is 290 g/mol. The number of nitrogens with zero attached hydrogens (tertiary/aromatic N) is 2. The molecule has 0 aliphatic rings. The van der Waals surface area contributed by atoms with E-state index in [0.29, 0.717) is 5.69 Å². The highest BCUT2D eigenvalue weighted by Crippen LogP contribution is 2.39. The first-order chi connectivity index (χ1) is 9.52. The molecule has 0 spiro atoms. The summed E-state index contributed by atoms with van der Waals surface area (Å²) in [6, 6.07) is 13.0. The zero-order chi connectivity index (χ0) is 14.7. The van der Waals surface area contributed by atoms with Gasteiger partial charge in [0.05, 0.1) is 9.95 Å². The summed E-state index contributed by atoms with van der Waals surface area (Å²) in [5.74, 6) is -0.354. The summed E-state index contributed by atoms with van der Waals surface area (Å²) in [6.07, 6.45) is 0. The number of hydrogen-bond acceptors (Lipinski definition) is 3. The second kappa shape index (κ2) is 5.71. The second-order valence-electron chi connectivity index (χ2n) is 4.05. The molecule has 1 amide bonds. The van der Waals surface area contributed by atoms with Crippen LogP contribution in [0.1, 0.15) is 6.92 Å². The normalized spacial score (nSPS) is 10.1. The number of nitro benzene ring substituents is 1. The molecule has 2 rings (SSSR count). The van der Waals surface area contributed by atoms with E-state index in [1.54, 1.807) is 30.3 Å². The molecule has 6 heteroatoms. The Kier molecular flexibility index (Phi) is 4.00. The van der Waals surface area contributed by atoms with E-state index in [2.05, 4.69) is 0 Å². The Balaban J connectivity index is 2.68. The average Bonchev–Trinajstić information content (AvgIpc) is 2.41. The molecule has 0 aliphatic carbocycles. The highest BCUT2D eigenvalue weighted by atomic mass is 35.5. The molecule has 2 aromatic carbocycles. The average molecular weight is 291 g/mol. The van der Waals surface area contributed by atoms with Gasteiger partial charge in [0.25, 0.3) is 5.69 Å². The van der Waals surface area contributed by atoms with E-state index in [9.17, 15) is 14.9 Å². The summed E-state index contributed by atoms with van der Waals surface area (Å²) in [5.41, 5.74) is 0.394. The van der Waals surface area contributed by atoms with Crippen molar-refractivity contribution in [3.63, 3.8) is 0 Å². The number of amides is 1. The standard InChI is InChI=1S/C14H11ClN2O3/c1-10(18)16(11-6-3-2-4-7-11)14-12(15)8-5-9-13(14)17(19)20/h2-9H,1H3. The van der Waals surface area contributed by atoms with E-state index in [-0.39, 0.29) is 22.3 Å². The fraction of sp³-hybridized carbons (Fsp3) is 0.0714. The van der Waals surface area contributed by atoms with Crippen LogP contribution in [0.15, 0.2) is 48.5 Å². The van der Waals surface area contributed by atoms with Gasteiger partial charge in [-0.2, -0.15) is 0 Å². The van der Waals surface area contributed by atoms with Gasteiger partial charge in [-0.1, -0.05) is 35.9 Å². The van der Waals surface area contributed by atoms with Crippen LogP contribution in [0.4, 0.5) is 17.1 Å². The number of para-hydroxylation sites is 2. The highest BCUT2D eigenvalue weighted by molar-refractivity contribution is 6.34. The third-order valence-electron chi connectivity index (χ3n) is 2.72. The molecule has 102 valence electrons. The number of nitro groups is 1. The predicted octanol–water partition coefficient (Wildman–Crippen LogP) is 3.93. The lowest BCUT2D eigenvalue weighted by Crippen LogP contribution is -2.23. The Morgan fingerprint density at radius 1 is 1.15 bits per heavy atom. The Morgan fingerprint density at radius 2 is 1.80 bits per heavy atom. The summed E-state index contributed by atoms with van der Waals surface area (Å²) in [5, 5.41) is 11.3. The summed E-state index contributed by atoms with van der Waals surface area (Å²) in [6.45, 7) is 1.33. The van der Waals surface area contributed by atoms with Crippen molar-refractivity contribution in [2.45, 2.75) is 6.92 Å². The summed E-state index contributed by atoms with van der Waals surface area (Å²) < 4.78 is 0. The number of carbonyl (C=O) groups excluding carboxylic acids is 1. The van der Waals surface area contributed by atoms with E-state index >= 15 is 0 Å². The van der Waals surface area contributed by atoms with E-state index in [0.717, 1.165) is 0 Å². The molecule has 0 saturated carbocycles. The number of rotatable bonds is 3. The predicted molar refractivity (Wildman–Crippen MR) is 77.4 cm³/mol. The number of halogens is 1. The molecular weight excluding hydrogens is 280 g/mol. The Hall–Kier alpha value is -2.40. The van der Waals surface area contributed by atoms with Crippen LogP contribution in [0, 0.1) is 10.1 Å². The molecule has 5 nitrogen and oxygen atoms in total. The maximum Gasteiger partial charge on any atom is 0.294 e. The minimum Gasteiger partial charge on any atom is -0.274 e.